The van der Waals surface area contributed by atoms with E-state index in [2.05, 4.69) is 55.6 Å². The Hall–Kier alpha value is -4.39. The van der Waals surface area contributed by atoms with E-state index in [9.17, 15) is 0 Å². The van der Waals surface area contributed by atoms with Crippen molar-refractivity contribution in [2.24, 2.45) is 0 Å². The van der Waals surface area contributed by atoms with E-state index in [0.29, 0.717) is 0 Å². The van der Waals surface area contributed by atoms with Crippen molar-refractivity contribution in [1.82, 2.24) is 25.3 Å². The molecule has 3 aromatic rings. The number of H-pyrrole nitrogens is 2. The van der Waals surface area contributed by atoms with Gasteiger partial charge < -0.3 is 15.3 Å². The first-order valence-electron chi connectivity index (χ1n) is 10.1. The van der Waals surface area contributed by atoms with Gasteiger partial charge in [-0.1, -0.05) is 12.2 Å². The van der Waals surface area contributed by atoms with Gasteiger partial charge in [0.1, 0.15) is 0 Å². The molecule has 0 atom stereocenters. The van der Waals surface area contributed by atoms with Crippen LogP contribution in [0.4, 0.5) is 4.70 Å². The fourth-order valence-corrected chi connectivity index (χ4v) is 3.35. The minimum atomic E-state index is 0. The highest BCUT2D eigenvalue weighted by molar-refractivity contribution is 5.77. The van der Waals surface area contributed by atoms with E-state index in [0.717, 1.165) is 44.8 Å². The number of aromatic nitrogens is 4. The zero-order valence-corrected chi connectivity index (χ0v) is 17.8. The maximum Gasteiger partial charge on any atom is 0.0659 e. The average Bonchev–Trinajstić information content (AvgIpc) is 3.53. The van der Waals surface area contributed by atoms with Gasteiger partial charge in [0.2, 0.25) is 0 Å². The van der Waals surface area contributed by atoms with Crippen LogP contribution in [0.5, 0.6) is 0 Å². The summed E-state index contributed by atoms with van der Waals surface area (Å²) in [6.45, 7) is 0. The van der Waals surface area contributed by atoms with Crippen LogP contribution in [0.3, 0.4) is 0 Å². The van der Waals surface area contributed by atoms with E-state index in [4.69, 9.17) is 0 Å². The van der Waals surface area contributed by atoms with Crippen LogP contribution in [0.25, 0.3) is 46.4 Å². The topological polar surface area (TPSA) is 69.4 Å². The monoisotopic (exact) mass is 434 g/mol. The normalized spacial score (nSPS) is 12.6. The number of allylic oxidation sites excluding steroid dienone is 4. The molecule has 3 aliphatic rings. The Kier molecular flexibility index (Phi) is 7.60. The summed E-state index contributed by atoms with van der Waals surface area (Å²) in [5.74, 6) is 0. The van der Waals surface area contributed by atoms with Crippen molar-refractivity contribution in [3.8, 4) is 0 Å². The molecule has 3 aromatic heterocycles. The van der Waals surface area contributed by atoms with E-state index in [1.165, 1.54) is 0 Å². The number of fused-ring (bicyclic) bond motifs is 8. The number of halogens is 1. The Morgan fingerprint density at radius 2 is 0.879 bits per heavy atom. The first-order valence-corrected chi connectivity index (χ1v) is 10.1. The summed E-state index contributed by atoms with van der Waals surface area (Å²) in [5.41, 5.74) is 7.86. The number of aromatic amines is 2. The second-order valence-corrected chi connectivity index (χ2v) is 7.17. The predicted octanol–water partition coefficient (Wildman–Crippen LogP) is 5.60. The van der Waals surface area contributed by atoms with Gasteiger partial charge in [-0.3, -0.25) is 4.70 Å². The van der Waals surface area contributed by atoms with Gasteiger partial charge in [0.05, 0.1) is 22.8 Å². The third-order valence-corrected chi connectivity index (χ3v) is 4.76. The van der Waals surface area contributed by atoms with Gasteiger partial charge in [-0.05, 0) is 85.0 Å². The van der Waals surface area contributed by atoms with Crippen molar-refractivity contribution in [1.29, 1.82) is 0 Å². The molecule has 0 saturated heterocycles. The summed E-state index contributed by atoms with van der Waals surface area (Å²) >= 11 is 0. The van der Waals surface area contributed by atoms with Crippen molar-refractivity contribution in [2.75, 3.05) is 0 Å². The summed E-state index contributed by atoms with van der Waals surface area (Å²) in [6.07, 6.45) is 19.6. The zero-order valence-electron chi connectivity index (χ0n) is 17.8. The molecule has 6 rings (SSSR count). The summed E-state index contributed by atoms with van der Waals surface area (Å²) < 4.78 is 0. The number of nitrogens with one attached hydrogen (secondary N) is 3. The van der Waals surface area contributed by atoms with Crippen LogP contribution in [-0.4, -0.2) is 28.3 Å². The molecule has 0 spiro atoms. The molecular weight excluding hydrogens is 412 g/mol. The summed E-state index contributed by atoms with van der Waals surface area (Å²) in [5, 5.41) is 2.92. The standard InChI is InChI=1S/C20H14N4.C6H7N.B.FH/c1-2-14-10-16-5-6-18(23-16)12-20-8-7-19(24-20)11-17-4-3-15(22-17)9-13(1)21-14;1-2-4-6-7-5-3-1;;/h1-12,21-22H;1-7H;;1H. The molecule has 0 aliphatic carbocycles. The highest BCUT2D eigenvalue weighted by Crippen LogP contribution is 2.17. The first kappa shape index (κ1) is 23.3. The Morgan fingerprint density at radius 1 is 0.485 bits per heavy atom. The molecule has 3 aliphatic heterocycles. The molecule has 161 valence electrons. The molecule has 33 heavy (non-hydrogen) atoms. The molecule has 6 heterocycles. The van der Waals surface area contributed by atoms with Crippen LogP contribution in [0.15, 0.2) is 85.2 Å². The molecule has 0 aromatic carbocycles. The summed E-state index contributed by atoms with van der Waals surface area (Å²) in [4.78, 5) is 16.0. The van der Waals surface area contributed by atoms with Crippen LogP contribution < -0.4 is 5.32 Å². The van der Waals surface area contributed by atoms with Crippen molar-refractivity contribution < 1.29 is 4.70 Å². The SMILES string of the molecule is C1=CC=CNC=C1.C1=Cc2cc3ccc(cc4ccc(cc5nc(cc1n2)C=C5)[nH]4)[nH]3.F.[B]. The maximum absolute atomic E-state index is 4.62. The zero-order chi connectivity index (χ0) is 20.9. The van der Waals surface area contributed by atoms with Crippen molar-refractivity contribution in [3.05, 3.63) is 108 Å². The molecular formula is C26H22BFN5. The molecule has 8 bridgehead atoms. The lowest BCUT2D eigenvalue weighted by Crippen LogP contribution is -1.87. The average molecular weight is 434 g/mol. The quantitative estimate of drug-likeness (QED) is 0.278. The lowest BCUT2D eigenvalue weighted by Gasteiger charge is -1.86. The molecule has 0 fully saturated rings. The number of rotatable bonds is 0. The third kappa shape index (κ3) is 6.07. The molecule has 0 amide bonds. The second kappa shape index (κ2) is 10.8. The lowest BCUT2D eigenvalue weighted by atomic mass is 10.3. The minimum absolute atomic E-state index is 0. The van der Waals surface area contributed by atoms with Crippen LogP contribution >= 0.6 is 0 Å². The van der Waals surface area contributed by atoms with Gasteiger partial charge >= 0.3 is 0 Å². The fraction of sp³-hybridized carbons (Fsp3) is 0. The summed E-state index contributed by atoms with van der Waals surface area (Å²) in [6, 6.07) is 16.4. The van der Waals surface area contributed by atoms with Gasteiger partial charge in [-0.25, -0.2) is 9.97 Å². The highest BCUT2D eigenvalue weighted by atomic mass is 19.0. The lowest BCUT2D eigenvalue weighted by molar-refractivity contribution is 1.11. The van der Waals surface area contributed by atoms with E-state index >= 15 is 0 Å². The second-order valence-electron chi connectivity index (χ2n) is 7.17. The smallest absolute Gasteiger partial charge is 0.0659 e. The number of hydrogen-bond acceptors (Lipinski definition) is 3. The van der Waals surface area contributed by atoms with Crippen molar-refractivity contribution >= 4 is 54.8 Å². The molecule has 0 unspecified atom stereocenters. The fourth-order valence-electron chi connectivity index (χ4n) is 3.35. The van der Waals surface area contributed by atoms with Crippen LogP contribution in [0, 0.1) is 0 Å². The first-order chi connectivity index (χ1) is 15.3. The van der Waals surface area contributed by atoms with Gasteiger partial charge in [0.15, 0.2) is 0 Å². The van der Waals surface area contributed by atoms with E-state index in [1.807, 2.05) is 79.2 Å². The van der Waals surface area contributed by atoms with Crippen LogP contribution in [-0.2, 0) is 0 Å². The minimum Gasteiger partial charge on any atom is -0.368 e. The van der Waals surface area contributed by atoms with E-state index < -0.39 is 0 Å². The Bertz CT molecular complexity index is 1320. The van der Waals surface area contributed by atoms with Gasteiger partial charge in [-0.15, -0.1) is 0 Å². The Labute approximate surface area is 193 Å². The van der Waals surface area contributed by atoms with Gasteiger partial charge in [-0.2, -0.15) is 0 Å². The van der Waals surface area contributed by atoms with Gasteiger partial charge in [0.25, 0.3) is 0 Å². The maximum atomic E-state index is 4.62. The largest absolute Gasteiger partial charge is 0.368 e. The van der Waals surface area contributed by atoms with Crippen LogP contribution in [0.2, 0.25) is 0 Å². The number of hydrogen-bond donors (Lipinski definition) is 3. The molecule has 3 N–H and O–H groups in total. The van der Waals surface area contributed by atoms with Gasteiger partial charge in [0, 0.05) is 42.9 Å². The molecule has 5 nitrogen and oxygen atoms in total. The van der Waals surface area contributed by atoms with Crippen molar-refractivity contribution in [2.45, 2.75) is 0 Å². The van der Waals surface area contributed by atoms with Crippen molar-refractivity contribution in [3.63, 3.8) is 0 Å². The van der Waals surface area contributed by atoms with Crippen LogP contribution in [0.1, 0.15) is 22.8 Å². The summed E-state index contributed by atoms with van der Waals surface area (Å²) in [7, 11) is 0. The highest BCUT2D eigenvalue weighted by Gasteiger charge is 2.02. The number of nitrogens with zero attached hydrogens (tertiary/aromatic N) is 2. The molecule has 3 radical (unpaired) electrons. The van der Waals surface area contributed by atoms with E-state index in [-0.39, 0.29) is 13.1 Å². The van der Waals surface area contributed by atoms with E-state index in [1.54, 1.807) is 0 Å². The molecule has 7 heteroatoms. The predicted molar refractivity (Wildman–Crippen MR) is 138 cm³/mol. The Morgan fingerprint density at radius 3 is 1.33 bits per heavy atom. The third-order valence-electron chi connectivity index (χ3n) is 4.76. The Balaban J connectivity index is 0.000000296. The molecule has 0 saturated carbocycles.